The van der Waals surface area contributed by atoms with Crippen LogP contribution in [0.3, 0.4) is 0 Å². The third kappa shape index (κ3) is 2.58. The zero-order valence-electron chi connectivity index (χ0n) is 8.58. The van der Waals surface area contributed by atoms with E-state index >= 15 is 0 Å². The van der Waals surface area contributed by atoms with Crippen molar-refractivity contribution in [2.45, 2.75) is 0 Å². The maximum atomic E-state index is 13.1. The molecule has 0 spiro atoms. The Morgan fingerprint density at radius 1 is 1.00 bits per heavy atom. The van der Waals surface area contributed by atoms with E-state index in [1.807, 2.05) is 0 Å². The van der Waals surface area contributed by atoms with E-state index in [2.05, 4.69) is 15.9 Å². The van der Waals surface area contributed by atoms with E-state index in [0.29, 0.717) is 4.47 Å². The number of rotatable bonds is 2. The molecule has 0 amide bonds. The molecule has 0 aliphatic heterocycles. The largest absolute Gasteiger partial charge is 0.289 e. The summed E-state index contributed by atoms with van der Waals surface area (Å²) in [7, 11) is 0. The van der Waals surface area contributed by atoms with Crippen molar-refractivity contribution in [3.05, 3.63) is 69.7 Å². The number of ketones is 1. The highest BCUT2D eigenvalue weighted by molar-refractivity contribution is 9.10. The van der Waals surface area contributed by atoms with E-state index in [1.54, 1.807) is 0 Å². The van der Waals surface area contributed by atoms with Gasteiger partial charge in [0.05, 0.1) is 0 Å². The molecule has 17 heavy (non-hydrogen) atoms. The van der Waals surface area contributed by atoms with Crippen molar-refractivity contribution < 1.29 is 13.6 Å². The molecule has 0 bridgehead atoms. The van der Waals surface area contributed by atoms with Crippen molar-refractivity contribution in [3.8, 4) is 0 Å². The molecule has 0 fully saturated rings. The predicted octanol–water partition coefficient (Wildman–Crippen LogP) is 3.96. The average molecular weight is 297 g/mol. The van der Waals surface area contributed by atoms with Crippen LogP contribution in [0.1, 0.15) is 15.9 Å². The maximum absolute atomic E-state index is 13.1. The standard InChI is InChI=1S/C13H7BrF2O/c14-12-5-4-10(16)7-11(12)13(17)8-2-1-3-9(15)6-8/h1-7H. The summed E-state index contributed by atoms with van der Waals surface area (Å²) >= 11 is 3.17. The quantitative estimate of drug-likeness (QED) is 0.767. The molecule has 0 radical (unpaired) electrons. The summed E-state index contributed by atoms with van der Waals surface area (Å²) in [5.41, 5.74) is 0.368. The summed E-state index contributed by atoms with van der Waals surface area (Å²) in [4.78, 5) is 12.0. The molecule has 4 heteroatoms. The van der Waals surface area contributed by atoms with Crippen LogP contribution >= 0.6 is 15.9 Å². The summed E-state index contributed by atoms with van der Waals surface area (Å²) in [6.07, 6.45) is 0. The van der Waals surface area contributed by atoms with Crippen molar-refractivity contribution in [2.24, 2.45) is 0 Å². The number of hydrogen-bond acceptors (Lipinski definition) is 1. The first kappa shape index (κ1) is 11.9. The number of benzene rings is 2. The lowest BCUT2D eigenvalue weighted by molar-refractivity contribution is 0.103. The summed E-state index contributed by atoms with van der Waals surface area (Å²) in [6.45, 7) is 0. The molecule has 86 valence electrons. The summed E-state index contributed by atoms with van der Waals surface area (Å²) in [6, 6.07) is 9.11. The SMILES string of the molecule is O=C(c1cccc(F)c1)c1cc(F)ccc1Br. The fourth-order valence-electron chi connectivity index (χ4n) is 1.46. The highest BCUT2D eigenvalue weighted by Gasteiger charge is 2.13. The van der Waals surface area contributed by atoms with Gasteiger partial charge in [0.2, 0.25) is 0 Å². The molecule has 0 aliphatic carbocycles. The van der Waals surface area contributed by atoms with Gasteiger partial charge in [0.15, 0.2) is 5.78 Å². The molecule has 0 N–H and O–H groups in total. The first-order chi connectivity index (χ1) is 8.08. The highest BCUT2D eigenvalue weighted by Crippen LogP contribution is 2.21. The van der Waals surface area contributed by atoms with Crippen LogP contribution in [-0.4, -0.2) is 5.78 Å². The van der Waals surface area contributed by atoms with Gasteiger partial charge in [-0.3, -0.25) is 4.79 Å². The molecule has 0 saturated heterocycles. The number of carbonyl (C=O) groups excluding carboxylic acids is 1. The minimum Gasteiger partial charge on any atom is -0.289 e. The van der Waals surface area contributed by atoms with Crippen LogP contribution in [0.2, 0.25) is 0 Å². The van der Waals surface area contributed by atoms with Crippen LogP contribution in [-0.2, 0) is 0 Å². The Balaban J connectivity index is 2.47. The molecular formula is C13H7BrF2O. The van der Waals surface area contributed by atoms with Crippen molar-refractivity contribution in [1.29, 1.82) is 0 Å². The van der Waals surface area contributed by atoms with Gasteiger partial charge in [-0.25, -0.2) is 8.78 Å². The second-order valence-electron chi connectivity index (χ2n) is 3.46. The van der Waals surface area contributed by atoms with Crippen molar-refractivity contribution >= 4 is 21.7 Å². The Labute approximate surface area is 105 Å². The van der Waals surface area contributed by atoms with Gasteiger partial charge in [-0.15, -0.1) is 0 Å². The molecule has 2 aromatic carbocycles. The summed E-state index contributed by atoms with van der Waals surface area (Å²) in [5, 5.41) is 0. The normalized spacial score (nSPS) is 10.3. The van der Waals surface area contributed by atoms with Gasteiger partial charge >= 0.3 is 0 Å². The van der Waals surface area contributed by atoms with E-state index in [0.717, 1.165) is 12.1 Å². The number of carbonyl (C=O) groups is 1. The molecule has 2 aromatic rings. The molecule has 0 atom stereocenters. The average Bonchev–Trinajstić information content (AvgIpc) is 2.31. The van der Waals surface area contributed by atoms with E-state index in [-0.39, 0.29) is 11.1 Å². The van der Waals surface area contributed by atoms with Crippen LogP contribution < -0.4 is 0 Å². The van der Waals surface area contributed by atoms with Gasteiger partial charge in [0.25, 0.3) is 0 Å². The second-order valence-corrected chi connectivity index (χ2v) is 4.32. The zero-order chi connectivity index (χ0) is 12.4. The first-order valence-corrected chi connectivity index (χ1v) is 5.62. The monoisotopic (exact) mass is 296 g/mol. The maximum Gasteiger partial charge on any atom is 0.194 e. The molecule has 0 aliphatic rings. The van der Waals surface area contributed by atoms with Gasteiger partial charge < -0.3 is 0 Å². The van der Waals surface area contributed by atoms with Crippen molar-refractivity contribution in [2.75, 3.05) is 0 Å². The zero-order valence-corrected chi connectivity index (χ0v) is 10.2. The van der Waals surface area contributed by atoms with E-state index < -0.39 is 17.4 Å². The van der Waals surface area contributed by atoms with E-state index in [4.69, 9.17) is 0 Å². The molecule has 0 heterocycles. The van der Waals surface area contributed by atoms with E-state index in [1.165, 1.54) is 30.3 Å². The van der Waals surface area contributed by atoms with Gasteiger partial charge in [-0.2, -0.15) is 0 Å². The fourth-order valence-corrected chi connectivity index (χ4v) is 1.88. The van der Waals surface area contributed by atoms with Crippen molar-refractivity contribution in [1.82, 2.24) is 0 Å². The van der Waals surface area contributed by atoms with Gasteiger partial charge in [0, 0.05) is 15.6 Å². The third-order valence-corrected chi connectivity index (χ3v) is 2.95. The number of halogens is 3. The lowest BCUT2D eigenvalue weighted by Crippen LogP contribution is -2.03. The molecular weight excluding hydrogens is 290 g/mol. The van der Waals surface area contributed by atoms with Crippen LogP contribution in [0.5, 0.6) is 0 Å². The van der Waals surface area contributed by atoms with Gasteiger partial charge in [-0.1, -0.05) is 28.1 Å². The Kier molecular flexibility index (Phi) is 3.33. The fraction of sp³-hybridized carbons (Fsp3) is 0. The summed E-state index contributed by atoms with van der Waals surface area (Å²) in [5.74, 6) is -1.42. The Morgan fingerprint density at radius 2 is 1.71 bits per heavy atom. The number of hydrogen-bond donors (Lipinski definition) is 0. The molecule has 1 nitrogen and oxygen atoms in total. The van der Waals surface area contributed by atoms with Crippen LogP contribution in [0.4, 0.5) is 8.78 Å². The van der Waals surface area contributed by atoms with Gasteiger partial charge in [0.1, 0.15) is 11.6 Å². The van der Waals surface area contributed by atoms with Crippen molar-refractivity contribution in [3.63, 3.8) is 0 Å². The minimum absolute atomic E-state index is 0.176. The van der Waals surface area contributed by atoms with Crippen LogP contribution in [0.25, 0.3) is 0 Å². The van der Waals surface area contributed by atoms with Gasteiger partial charge in [-0.05, 0) is 30.3 Å². The smallest absolute Gasteiger partial charge is 0.194 e. The summed E-state index contributed by atoms with van der Waals surface area (Å²) < 4.78 is 26.5. The Hall–Kier alpha value is -1.55. The highest BCUT2D eigenvalue weighted by atomic mass is 79.9. The van der Waals surface area contributed by atoms with Crippen LogP contribution in [0.15, 0.2) is 46.9 Å². The topological polar surface area (TPSA) is 17.1 Å². The molecule has 0 unspecified atom stereocenters. The first-order valence-electron chi connectivity index (χ1n) is 4.83. The Bertz CT molecular complexity index is 581. The molecule has 2 rings (SSSR count). The second kappa shape index (κ2) is 4.75. The predicted molar refractivity (Wildman–Crippen MR) is 63.9 cm³/mol. The molecule has 0 aromatic heterocycles. The third-order valence-electron chi connectivity index (χ3n) is 2.26. The lowest BCUT2D eigenvalue weighted by atomic mass is 10.0. The van der Waals surface area contributed by atoms with E-state index in [9.17, 15) is 13.6 Å². The lowest BCUT2D eigenvalue weighted by Gasteiger charge is -2.04. The minimum atomic E-state index is -0.507. The van der Waals surface area contributed by atoms with Crippen LogP contribution in [0, 0.1) is 11.6 Å². The molecule has 0 saturated carbocycles. The Morgan fingerprint density at radius 3 is 2.41 bits per heavy atom.